The van der Waals surface area contributed by atoms with Crippen LogP contribution in [-0.4, -0.2) is 50.1 Å². The van der Waals surface area contributed by atoms with Crippen molar-refractivity contribution < 1.29 is 19.1 Å². The molecule has 2 saturated heterocycles. The van der Waals surface area contributed by atoms with Gasteiger partial charge in [0.15, 0.2) is 0 Å². The molecule has 7 heteroatoms. The highest BCUT2D eigenvalue weighted by molar-refractivity contribution is 5.89. The Labute approximate surface area is 135 Å². The Morgan fingerprint density at radius 2 is 2.17 bits per heavy atom. The molecule has 5 atom stereocenters. The molecule has 1 saturated carbocycles. The Hall–Kier alpha value is -1.63. The number of methoxy groups -OCH3 is 1. The van der Waals surface area contributed by atoms with E-state index in [0.717, 1.165) is 6.54 Å². The van der Waals surface area contributed by atoms with E-state index in [1.807, 2.05) is 0 Å². The van der Waals surface area contributed by atoms with E-state index in [0.29, 0.717) is 24.8 Å². The van der Waals surface area contributed by atoms with Gasteiger partial charge in [-0.15, -0.1) is 0 Å². The van der Waals surface area contributed by atoms with Gasteiger partial charge in [-0.3, -0.25) is 9.59 Å². The van der Waals surface area contributed by atoms with Crippen LogP contribution in [0.2, 0.25) is 0 Å². The van der Waals surface area contributed by atoms with Gasteiger partial charge in [-0.2, -0.15) is 0 Å². The van der Waals surface area contributed by atoms with Gasteiger partial charge in [0.25, 0.3) is 0 Å². The molecular formula is C16H25N3O4. The van der Waals surface area contributed by atoms with E-state index in [9.17, 15) is 14.4 Å². The van der Waals surface area contributed by atoms with Gasteiger partial charge in [-0.05, 0) is 36.6 Å². The molecule has 128 valence electrons. The quantitative estimate of drug-likeness (QED) is 0.588. The molecular weight excluding hydrogens is 298 g/mol. The minimum Gasteiger partial charge on any atom is -0.467 e. The Kier molecular flexibility index (Phi) is 4.08. The standard InChI is InChI=1S/C16H25N3O4/c1-16(2)9-7-18-12(11(9)16)14(21)19-10(15(22)23-3)6-8-4-5-17-13(8)20/h8-12,18H,4-7H2,1-3H3,(H,17,20)(H,19,21)/t8?,9-,10-,11-,12-/m0/s1. The Morgan fingerprint density at radius 3 is 2.70 bits per heavy atom. The van der Waals surface area contributed by atoms with Gasteiger partial charge < -0.3 is 20.7 Å². The summed E-state index contributed by atoms with van der Waals surface area (Å²) in [6.07, 6.45) is 0.968. The van der Waals surface area contributed by atoms with Gasteiger partial charge in [-0.1, -0.05) is 13.8 Å². The smallest absolute Gasteiger partial charge is 0.328 e. The van der Waals surface area contributed by atoms with Crippen molar-refractivity contribution in [3.05, 3.63) is 0 Å². The highest BCUT2D eigenvalue weighted by atomic mass is 16.5. The topological polar surface area (TPSA) is 96.5 Å². The average molecular weight is 323 g/mol. The first-order chi connectivity index (χ1) is 10.9. The lowest BCUT2D eigenvalue weighted by Crippen LogP contribution is -2.51. The third-order valence-electron chi connectivity index (χ3n) is 5.82. The van der Waals surface area contributed by atoms with E-state index < -0.39 is 12.0 Å². The molecule has 0 spiro atoms. The second-order valence-corrected chi connectivity index (χ2v) is 7.44. The lowest BCUT2D eigenvalue weighted by atomic mass is 9.97. The van der Waals surface area contributed by atoms with E-state index in [1.165, 1.54) is 7.11 Å². The van der Waals surface area contributed by atoms with Crippen molar-refractivity contribution in [2.75, 3.05) is 20.2 Å². The van der Waals surface area contributed by atoms with Crippen LogP contribution < -0.4 is 16.0 Å². The predicted molar refractivity (Wildman–Crippen MR) is 82.2 cm³/mol. The van der Waals surface area contributed by atoms with Crippen molar-refractivity contribution in [3.8, 4) is 0 Å². The second-order valence-electron chi connectivity index (χ2n) is 7.44. The molecule has 3 fully saturated rings. The van der Waals surface area contributed by atoms with Crippen molar-refractivity contribution in [1.29, 1.82) is 0 Å². The number of fused-ring (bicyclic) bond motifs is 1. The number of carbonyl (C=O) groups excluding carboxylic acids is 3. The Balaban J connectivity index is 1.63. The summed E-state index contributed by atoms with van der Waals surface area (Å²) in [6.45, 7) is 5.80. The molecule has 2 heterocycles. The van der Waals surface area contributed by atoms with Gasteiger partial charge in [0.1, 0.15) is 6.04 Å². The summed E-state index contributed by atoms with van der Waals surface area (Å²) in [5, 5.41) is 8.78. The molecule has 0 aromatic heterocycles. The van der Waals surface area contributed by atoms with Gasteiger partial charge in [-0.25, -0.2) is 4.79 Å². The number of amides is 2. The largest absolute Gasteiger partial charge is 0.467 e. The SMILES string of the molecule is COC(=O)[C@H](CC1CCNC1=O)NC(=O)[C@H]1NC[C@H]2[C@@H]1C2(C)C. The number of carbonyl (C=O) groups is 3. The molecule has 1 unspecified atom stereocenters. The van der Waals surface area contributed by atoms with Crippen molar-refractivity contribution in [2.24, 2.45) is 23.2 Å². The number of ether oxygens (including phenoxy) is 1. The van der Waals surface area contributed by atoms with Crippen LogP contribution in [0.25, 0.3) is 0 Å². The summed E-state index contributed by atoms with van der Waals surface area (Å²) in [4.78, 5) is 36.3. The highest BCUT2D eigenvalue weighted by Crippen LogP contribution is 2.62. The normalized spacial score (nSPS) is 35.2. The number of hydrogen-bond donors (Lipinski definition) is 3. The van der Waals surface area contributed by atoms with Crippen LogP contribution >= 0.6 is 0 Å². The van der Waals surface area contributed by atoms with Crippen LogP contribution in [0.3, 0.4) is 0 Å². The number of esters is 1. The Morgan fingerprint density at radius 1 is 1.43 bits per heavy atom. The van der Waals surface area contributed by atoms with E-state index in [1.54, 1.807) is 0 Å². The molecule has 0 bridgehead atoms. The summed E-state index contributed by atoms with van der Waals surface area (Å²) in [5.41, 5.74) is 0.180. The fourth-order valence-electron chi connectivity index (χ4n) is 4.25. The van der Waals surface area contributed by atoms with Crippen LogP contribution in [0.1, 0.15) is 26.7 Å². The average Bonchev–Trinajstić information content (AvgIpc) is 2.94. The molecule has 2 aliphatic heterocycles. The summed E-state index contributed by atoms with van der Waals surface area (Å²) < 4.78 is 4.79. The van der Waals surface area contributed by atoms with Crippen molar-refractivity contribution in [2.45, 2.75) is 38.8 Å². The molecule has 0 aromatic carbocycles. The fraction of sp³-hybridized carbons (Fsp3) is 0.812. The van der Waals surface area contributed by atoms with Crippen LogP contribution in [0.15, 0.2) is 0 Å². The van der Waals surface area contributed by atoms with Crippen LogP contribution in [-0.2, 0) is 19.1 Å². The first-order valence-corrected chi connectivity index (χ1v) is 8.25. The third-order valence-corrected chi connectivity index (χ3v) is 5.82. The monoisotopic (exact) mass is 323 g/mol. The minimum absolute atomic E-state index is 0.0597. The Bertz CT molecular complexity index is 533. The lowest BCUT2D eigenvalue weighted by molar-refractivity contribution is -0.146. The maximum Gasteiger partial charge on any atom is 0.328 e. The van der Waals surface area contributed by atoms with Gasteiger partial charge >= 0.3 is 5.97 Å². The number of nitrogens with one attached hydrogen (secondary N) is 3. The van der Waals surface area contributed by atoms with Gasteiger partial charge in [0.2, 0.25) is 11.8 Å². The van der Waals surface area contributed by atoms with Gasteiger partial charge in [0, 0.05) is 12.5 Å². The van der Waals surface area contributed by atoms with Gasteiger partial charge in [0.05, 0.1) is 13.2 Å². The molecule has 3 aliphatic rings. The van der Waals surface area contributed by atoms with Crippen molar-refractivity contribution in [1.82, 2.24) is 16.0 Å². The highest BCUT2D eigenvalue weighted by Gasteiger charge is 2.65. The summed E-state index contributed by atoms with van der Waals surface area (Å²) >= 11 is 0. The lowest BCUT2D eigenvalue weighted by Gasteiger charge is -2.23. The summed E-state index contributed by atoms with van der Waals surface area (Å²) in [6, 6.07) is -1.04. The van der Waals surface area contributed by atoms with Crippen molar-refractivity contribution in [3.63, 3.8) is 0 Å². The fourth-order valence-corrected chi connectivity index (χ4v) is 4.25. The molecule has 1 aliphatic carbocycles. The molecule has 2 amide bonds. The predicted octanol–water partition coefficient (Wildman–Crippen LogP) is -0.586. The molecule has 0 aromatic rings. The van der Waals surface area contributed by atoms with Crippen LogP contribution in [0.5, 0.6) is 0 Å². The number of rotatable bonds is 5. The maximum atomic E-state index is 12.6. The van der Waals surface area contributed by atoms with Crippen molar-refractivity contribution >= 4 is 17.8 Å². The van der Waals surface area contributed by atoms with Crippen LogP contribution in [0.4, 0.5) is 0 Å². The third kappa shape index (κ3) is 2.82. The van der Waals surface area contributed by atoms with E-state index in [2.05, 4.69) is 29.8 Å². The molecule has 23 heavy (non-hydrogen) atoms. The summed E-state index contributed by atoms with van der Waals surface area (Å²) in [7, 11) is 1.30. The van der Waals surface area contributed by atoms with Crippen LogP contribution in [0, 0.1) is 23.2 Å². The second kappa shape index (κ2) is 5.78. The molecule has 0 radical (unpaired) electrons. The number of hydrogen-bond acceptors (Lipinski definition) is 5. The molecule has 7 nitrogen and oxygen atoms in total. The zero-order chi connectivity index (χ0) is 16.8. The van der Waals surface area contributed by atoms with E-state index in [4.69, 9.17) is 4.74 Å². The summed E-state index contributed by atoms with van der Waals surface area (Å²) in [5.74, 6) is -0.137. The molecule has 3 N–H and O–H groups in total. The zero-order valence-corrected chi connectivity index (χ0v) is 13.8. The maximum absolute atomic E-state index is 12.6. The first-order valence-electron chi connectivity index (χ1n) is 8.25. The van der Waals surface area contributed by atoms with E-state index >= 15 is 0 Å². The zero-order valence-electron chi connectivity index (χ0n) is 13.8. The minimum atomic E-state index is -0.774. The first kappa shape index (κ1) is 16.2. The number of piperidine rings is 1. The van der Waals surface area contributed by atoms with E-state index in [-0.39, 0.29) is 35.6 Å². The molecule has 3 rings (SSSR count).